The summed E-state index contributed by atoms with van der Waals surface area (Å²) in [5, 5.41) is 11.9. The van der Waals surface area contributed by atoms with Gasteiger partial charge in [0.25, 0.3) is 0 Å². The maximum Gasteiger partial charge on any atom is 0.248 e. The van der Waals surface area contributed by atoms with Crippen LogP contribution in [-0.2, 0) is 0 Å². The van der Waals surface area contributed by atoms with Gasteiger partial charge in [0.05, 0.1) is 17.3 Å². The Morgan fingerprint density at radius 1 is 1.04 bits per heavy atom. The first kappa shape index (κ1) is 15.2. The van der Waals surface area contributed by atoms with Crippen molar-refractivity contribution in [2.45, 2.75) is 0 Å². The Bertz CT molecular complexity index is 911. The van der Waals surface area contributed by atoms with Gasteiger partial charge in [-0.15, -0.1) is 0 Å². The number of amides is 1. The Balaban J connectivity index is 1.82. The molecule has 24 heavy (non-hydrogen) atoms. The molecule has 0 bridgehead atoms. The summed E-state index contributed by atoms with van der Waals surface area (Å²) < 4.78 is 0. The summed E-state index contributed by atoms with van der Waals surface area (Å²) in [7, 11) is 0. The summed E-state index contributed by atoms with van der Waals surface area (Å²) in [5.41, 5.74) is 8.63. The van der Waals surface area contributed by atoms with Gasteiger partial charge in [0.2, 0.25) is 11.9 Å². The standard InChI is InChI=1S/C18H13N5O/c19-11-12-1-3-13(4-2-12)16-9-10-21-18(23-16)22-15-7-5-14(6-8-15)17(20)24/h1-10H,(H2,20,24)(H,21,22,23). The number of nitriles is 1. The summed E-state index contributed by atoms with van der Waals surface area (Å²) in [6, 6.07) is 17.8. The molecule has 0 atom stereocenters. The van der Waals surface area contributed by atoms with Crippen molar-refractivity contribution in [1.29, 1.82) is 5.26 Å². The van der Waals surface area contributed by atoms with E-state index < -0.39 is 5.91 Å². The van der Waals surface area contributed by atoms with E-state index in [9.17, 15) is 4.79 Å². The lowest BCUT2D eigenvalue weighted by Gasteiger charge is -2.07. The molecule has 0 fully saturated rings. The zero-order valence-electron chi connectivity index (χ0n) is 12.6. The monoisotopic (exact) mass is 315 g/mol. The maximum atomic E-state index is 11.1. The predicted octanol–water partition coefficient (Wildman–Crippen LogP) is 2.86. The van der Waals surface area contributed by atoms with Crippen LogP contribution in [0.1, 0.15) is 15.9 Å². The number of rotatable bonds is 4. The molecule has 2 aromatic carbocycles. The number of carbonyl (C=O) groups excluding carboxylic acids is 1. The lowest BCUT2D eigenvalue weighted by molar-refractivity contribution is 0.100. The molecule has 6 nitrogen and oxygen atoms in total. The van der Waals surface area contributed by atoms with Crippen LogP contribution in [-0.4, -0.2) is 15.9 Å². The third-order valence-electron chi connectivity index (χ3n) is 3.39. The third-order valence-corrected chi connectivity index (χ3v) is 3.39. The van der Waals surface area contributed by atoms with Crippen LogP contribution in [0.3, 0.4) is 0 Å². The van der Waals surface area contributed by atoms with Crippen molar-refractivity contribution < 1.29 is 4.79 Å². The van der Waals surface area contributed by atoms with Crippen LogP contribution in [0.4, 0.5) is 11.6 Å². The Morgan fingerprint density at radius 3 is 2.38 bits per heavy atom. The lowest BCUT2D eigenvalue weighted by Crippen LogP contribution is -2.10. The smallest absolute Gasteiger partial charge is 0.248 e. The molecule has 0 radical (unpaired) electrons. The van der Waals surface area contributed by atoms with Gasteiger partial charge >= 0.3 is 0 Å². The minimum absolute atomic E-state index is 0.434. The molecule has 0 unspecified atom stereocenters. The van der Waals surface area contributed by atoms with Gasteiger partial charge < -0.3 is 11.1 Å². The van der Waals surface area contributed by atoms with Crippen molar-refractivity contribution >= 4 is 17.5 Å². The molecule has 116 valence electrons. The van der Waals surface area contributed by atoms with Crippen molar-refractivity contribution in [3.8, 4) is 17.3 Å². The van der Waals surface area contributed by atoms with Gasteiger partial charge in [-0.3, -0.25) is 4.79 Å². The summed E-state index contributed by atoms with van der Waals surface area (Å²) >= 11 is 0. The Hall–Kier alpha value is -3.72. The fourth-order valence-corrected chi connectivity index (χ4v) is 2.14. The number of nitrogens with two attached hydrogens (primary N) is 1. The van der Waals surface area contributed by atoms with E-state index in [1.165, 1.54) is 0 Å². The van der Waals surface area contributed by atoms with Crippen LogP contribution in [0.25, 0.3) is 11.3 Å². The average molecular weight is 315 g/mol. The highest BCUT2D eigenvalue weighted by atomic mass is 16.1. The van der Waals surface area contributed by atoms with Gasteiger partial charge in [-0.25, -0.2) is 9.97 Å². The summed E-state index contributed by atoms with van der Waals surface area (Å²) in [4.78, 5) is 19.7. The molecule has 0 aliphatic heterocycles. The van der Waals surface area contributed by atoms with Gasteiger partial charge in [0.1, 0.15) is 0 Å². The molecule has 3 aromatic rings. The maximum absolute atomic E-state index is 11.1. The van der Waals surface area contributed by atoms with Crippen LogP contribution in [0.2, 0.25) is 0 Å². The van der Waals surface area contributed by atoms with Crippen LogP contribution in [0.15, 0.2) is 60.8 Å². The lowest BCUT2D eigenvalue weighted by atomic mass is 10.1. The first-order valence-corrected chi connectivity index (χ1v) is 7.16. The van der Waals surface area contributed by atoms with Gasteiger partial charge in [0, 0.05) is 23.0 Å². The van der Waals surface area contributed by atoms with Gasteiger partial charge in [-0.05, 0) is 42.5 Å². The van der Waals surface area contributed by atoms with Crippen molar-refractivity contribution in [2.75, 3.05) is 5.32 Å². The molecule has 6 heteroatoms. The van der Waals surface area contributed by atoms with E-state index in [-0.39, 0.29) is 0 Å². The number of hydrogen-bond donors (Lipinski definition) is 2. The number of nitrogens with one attached hydrogen (secondary N) is 1. The van der Waals surface area contributed by atoms with Crippen LogP contribution in [0, 0.1) is 11.3 Å². The third kappa shape index (κ3) is 3.36. The molecule has 1 heterocycles. The Kier molecular flexibility index (Phi) is 4.17. The zero-order chi connectivity index (χ0) is 16.9. The van der Waals surface area contributed by atoms with E-state index in [1.54, 1.807) is 48.7 Å². The van der Waals surface area contributed by atoms with Crippen LogP contribution < -0.4 is 11.1 Å². The van der Waals surface area contributed by atoms with E-state index in [1.807, 2.05) is 12.1 Å². The highest BCUT2D eigenvalue weighted by molar-refractivity contribution is 5.93. The molecule has 0 spiro atoms. The Morgan fingerprint density at radius 2 is 1.75 bits per heavy atom. The second kappa shape index (κ2) is 6.58. The van der Waals surface area contributed by atoms with E-state index in [0.717, 1.165) is 16.9 Å². The normalized spacial score (nSPS) is 9.96. The van der Waals surface area contributed by atoms with Crippen molar-refractivity contribution in [3.05, 3.63) is 71.9 Å². The second-order valence-corrected chi connectivity index (χ2v) is 5.02. The van der Waals surface area contributed by atoms with E-state index in [0.29, 0.717) is 17.1 Å². The van der Waals surface area contributed by atoms with Crippen molar-refractivity contribution in [2.24, 2.45) is 5.73 Å². The van der Waals surface area contributed by atoms with Crippen LogP contribution >= 0.6 is 0 Å². The van der Waals surface area contributed by atoms with E-state index >= 15 is 0 Å². The zero-order valence-corrected chi connectivity index (χ0v) is 12.6. The van der Waals surface area contributed by atoms with Crippen molar-refractivity contribution in [1.82, 2.24) is 9.97 Å². The number of nitrogens with zero attached hydrogens (tertiary/aromatic N) is 3. The summed E-state index contributed by atoms with van der Waals surface area (Å²) in [6.07, 6.45) is 1.65. The number of aromatic nitrogens is 2. The van der Waals surface area contributed by atoms with Gasteiger partial charge in [0.15, 0.2) is 0 Å². The fraction of sp³-hybridized carbons (Fsp3) is 0. The topological polar surface area (TPSA) is 105 Å². The van der Waals surface area contributed by atoms with E-state index in [2.05, 4.69) is 21.4 Å². The number of primary amides is 1. The minimum atomic E-state index is -0.472. The quantitative estimate of drug-likeness (QED) is 0.770. The molecule has 3 N–H and O–H groups in total. The van der Waals surface area contributed by atoms with Gasteiger partial charge in [-0.1, -0.05) is 12.1 Å². The predicted molar refractivity (Wildman–Crippen MR) is 90.4 cm³/mol. The molecule has 0 saturated heterocycles. The fourth-order valence-electron chi connectivity index (χ4n) is 2.14. The second-order valence-electron chi connectivity index (χ2n) is 5.02. The molecule has 3 rings (SSSR count). The molecule has 0 aliphatic rings. The molecule has 1 amide bonds. The average Bonchev–Trinajstić information content (AvgIpc) is 2.62. The van der Waals surface area contributed by atoms with E-state index in [4.69, 9.17) is 11.0 Å². The van der Waals surface area contributed by atoms with Crippen molar-refractivity contribution in [3.63, 3.8) is 0 Å². The minimum Gasteiger partial charge on any atom is -0.366 e. The highest BCUT2D eigenvalue weighted by Gasteiger charge is 2.04. The highest BCUT2D eigenvalue weighted by Crippen LogP contribution is 2.20. The van der Waals surface area contributed by atoms with Crippen LogP contribution in [0.5, 0.6) is 0 Å². The summed E-state index contributed by atoms with van der Waals surface area (Å²) in [6.45, 7) is 0. The largest absolute Gasteiger partial charge is 0.366 e. The number of benzene rings is 2. The number of carbonyl (C=O) groups is 1. The molecular formula is C18H13N5O. The molecule has 0 aliphatic carbocycles. The first-order valence-electron chi connectivity index (χ1n) is 7.16. The summed E-state index contributed by atoms with van der Waals surface area (Å²) in [5.74, 6) is -0.0377. The van der Waals surface area contributed by atoms with Gasteiger partial charge in [-0.2, -0.15) is 5.26 Å². The molecule has 0 saturated carbocycles. The SMILES string of the molecule is N#Cc1ccc(-c2ccnc(Nc3ccc(C(N)=O)cc3)n2)cc1. The molecule has 1 aromatic heterocycles. The first-order chi connectivity index (χ1) is 11.7. The Labute approximate surface area is 138 Å². The number of hydrogen-bond acceptors (Lipinski definition) is 5. The molecular weight excluding hydrogens is 302 g/mol. The number of anilines is 2.